The normalized spacial score (nSPS) is 19.4. The summed E-state index contributed by atoms with van der Waals surface area (Å²) >= 11 is 1.46. The third-order valence-corrected chi connectivity index (χ3v) is 4.38. The summed E-state index contributed by atoms with van der Waals surface area (Å²) in [5.41, 5.74) is -0.503. The monoisotopic (exact) mass is 309 g/mol. The Morgan fingerprint density at radius 1 is 1.38 bits per heavy atom. The zero-order valence-electron chi connectivity index (χ0n) is 12.9. The van der Waals surface area contributed by atoms with E-state index in [1.807, 2.05) is 38.3 Å². The molecule has 1 aromatic rings. The Hall–Kier alpha value is -1.36. The Kier molecular flexibility index (Phi) is 5.04. The van der Waals surface area contributed by atoms with Gasteiger partial charge < -0.3 is 9.64 Å². The lowest BCUT2D eigenvalue weighted by molar-refractivity contribution is 0.00948. The highest BCUT2D eigenvalue weighted by atomic mass is 32.1. The van der Waals surface area contributed by atoms with E-state index in [0.29, 0.717) is 13.0 Å². The molecule has 2 heterocycles. The van der Waals surface area contributed by atoms with E-state index in [0.717, 1.165) is 24.1 Å². The first-order valence-corrected chi connectivity index (χ1v) is 8.31. The first-order chi connectivity index (χ1) is 9.87. The minimum atomic E-state index is -0.503. The van der Waals surface area contributed by atoms with Crippen LogP contribution in [0.1, 0.15) is 56.1 Å². The Morgan fingerprint density at radius 2 is 2.14 bits per heavy atom. The number of piperidine rings is 1. The van der Waals surface area contributed by atoms with Crippen LogP contribution in [-0.2, 0) is 4.74 Å². The average molecular weight is 309 g/mol. The summed E-state index contributed by atoms with van der Waals surface area (Å²) in [4.78, 5) is 27.1. The number of nitrogens with zero attached hydrogens (tertiary/aromatic N) is 1. The molecule has 1 unspecified atom stereocenters. The van der Waals surface area contributed by atoms with Gasteiger partial charge in [-0.15, -0.1) is 11.3 Å². The van der Waals surface area contributed by atoms with E-state index in [9.17, 15) is 9.59 Å². The van der Waals surface area contributed by atoms with Gasteiger partial charge in [-0.2, -0.15) is 0 Å². The van der Waals surface area contributed by atoms with Crippen molar-refractivity contribution < 1.29 is 14.3 Å². The highest BCUT2D eigenvalue weighted by molar-refractivity contribution is 7.12. The van der Waals surface area contributed by atoms with Gasteiger partial charge in [-0.25, -0.2) is 4.79 Å². The van der Waals surface area contributed by atoms with Crippen LogP contribution < -0.4 is 0 Å². The van der Waals surface area contributed by atoms with Crippen molar-refractivity contribution in [2.24, 2.45) is 0 Å². The lowest BCUT2D eigenvalue weighted by Crippen LogP contribution is -2.46. The summed E-state index contributed by atoms with van der Waals surface area (Å²) < 4.78 is 5.46. The second-order valence-electron chi connectivity index (χ2n) is 6.43. The molecule has 0 spiro atoms. The number of carbonyl (C=O) groups is 2. The number of thiophene rings is 1. The highest BCUT2D eigenvalue weighted by Gasteiger charge is 2.31. The van der Waals surface area contributed by atoms with Gasteiger partial charge in [-0.1, -0.05) is 6.07 Å². The third-order valence-electron chi connectivity index (χ3n) is 3.47. The van der Waals surface area contributed by atoms with E-state index in [1.54, 1.807) is 4.90 Å². The van der Waals surface area contributed by atoms with Gasteiger partial charge in [0.05, 0.1) is 4.88 Å². The molecule has 1 aromatic heterocycles. The van der Waals surface area contributed by atoms with Gasteiger partial charge in [0.25, 0.3) is 0 Å². The molecule has 1 aliphatic heterocycles. The molecule has 21 heavy (non-hydrogen) atoms. The predicted octanol–water partition coefficient (Wildman–Crippen LogP) is 4.11. The Morgan fingerprint density at radius 3 is 2.76 bits per heavy atom. The molecule has 0 aliphatic carbocycles. The van der Waals surface area contributed by atoms with E-state index in [-0.39, 0.29) is 17.9 Å². The van der Waals surface area contributed by atoms with Crippen molar-refractivity contribution >= 4 is 23.2 Å². The van der Waals surface area contributed by atoms with E-state index in [1.165, 1.54) is 11.3 Å². The molecule has 0 bridgehead atoms. The van der Waals surface area contributed by atoms with E-state index in [4.69, 9.17) is 4.74 Å². The number of carbonyl (C=O) groups excluding carboxylic acids is 2. The second-order valence-corrected chi connectivity index (χ2v) is 7.38. The highest BCUT2D eigenvalue weighted by Crippen LogP contribution is 2.24. The van der Waals surface area contributed by atoms with Crippen molar-refractivity contribution in [2.75, 3.05) is 6.54 Å². The molecule has 0 N–H and O–H groups in total. The molecule has 1 atom stereocenters. The average Bonchev–Trinajstić information content (AvgIpc) is 2.91. The van der Waals surface area contributed by atoms with Gasteiger partial charge in [-0.3, -0.25) is 4.79 Å². The number of ether oxygens (including phenoxy) is 1. The molecule has 2 rings (SSSR count). The molecule has 0 aromatic carbocycles. The Balaban J connectivity index is 2.02. The maximum atomic E-state index is 12.3. The second kappa shape index (κ2) is 6.60. The van der Waals surface area contributed by atoms with Crippen LogP contribution >= 0.6 is 11.3 Å². The summed E-state index contributed by atoms with van der Waals surface area (Å²) in [7, 11) is 0. The van der Waals surface area contributed by atoms with Crippen LogP contribution in [0, 0.1) is 0 Å². The SMILES string of the molecule is CC(C)(C)OC(=O)N1CCCCC1CC(=O)c1cccs1. The van der Waals surface area contributed by atoms with Crippen molar-refractivity contribution in [3.8, 4) is 0 Å². The summed E-state index contributed by atoms with van der Waals surface area (Å²) in [5.74, 6) is 0.116. The molecule has 4 nitrogen and oxygen atoms in total. The van der Waals surface area contributed by atoms with Gasteiger partial charge in [0.15, 0.2) is 5.78 Å². The van der Waals surface area contributed by atoms with Crippen LogP contribution in [0.3, 0.4) is 0 Å². The third kappa shape index (κ3) is 4.56. The standard InChI is InChI=1S/C16H23NO3S/c1-16(2,3)20-15(19)17-9-5-4-7-12(17)11-13(18)14-8-6-10-21-14/h6,8,10,12H,4-5,7,9,11H2,1-3H3. The number of ketones is 1. The molecular weight excluding hydrogens is 286 g/mol. The molecule has 1 saturated heterocycles. The van der Waals surface area contributed by atoms with Crippen molar-refractivity contribution in [3.05, 3.63) is 22.4 Å². The number of likely N-dealkylation sites (tertiary alicyclic amines) is 1. The Labute approximate surface area is 130 Å². The van der Waals surface area contributed by atoms with Crippen molar-refractivity contribution in [3.63, 3.8) is 0 Å². The van der Waals surface area contributed by atoms with E-state index >= 15 is 0 Å². The topological polar surface area (TPSA) is 46.6 Å². The van der Waals surface area contributed by atoms with E-state index in [2.05, 4.69) is 0 Å². The number of rotatable bonds is 3. The van der Waals surface area contributed by atoms with Gasteiger partial charge in [-0.05, 0) is 51.5 Å². The molecule has 116 valence electrons. The summed E-state index contributed by atoms with van der Waals surface area (Å²) in [6.45, 7) is 6.26. The smallest absolute Gasteiger partial charge is 0.410 e. The lowest BCUT2D eigenvalue weighted by Gasteiger charge is -2.36. The quantitative estimate of drug-likeness (QED) is 0.789. The van der Waals surface area contributed by atoms with Crippen LogP contribution in [0.15, 0.2) is 17.5 Å². The fourth-order valence-corrected chi connectivity index (χ4v) is 3.20. The van der Waals surface area contributed by atoms with Gasteiger partial charge in [0.1, 0.15) is 5.60 Å². The van der Waals surface area contributed by atoms with Gasteiger partial charge >= 0.3 is 6.09 Å². The van der Waals surface area contributed by atoms with Gasteiger partial charge in [0, 0.05) is 19.0 Å². The Bertz CT molecular complexity index is 490. The van der Waals surface area contributed by atoms with Crippen LogP contribution in [0.25, 0.3) is 0 Å². The number of hydrogen-bond acceptors (Lipinski definition) is 4. The van der Waals surface area contributed by atoms with Crippen LogP contribution in [0.5, 0.6) is 0 Å². The van der Waals surface area contributed by atoms with Crippen LogP contribution in [0.4, 0.5) is 4.79 Å². The maximum Gasteiger partial charge on any atom is 0.410 e. The zero-order chi connectivity index (χ0) is 15.5. The zero-order valence-corrected chi connectivity index (χ0v) is 13.7. The first kappa shape index (κ1) is 16.0. The fourth-order valence-electron chi connectivity index (χ4n) is 2.53. The molecule has 1 fully saturated rings. The predicted molar refractivity (Wildman–Crippen MR) is 83.8 cm³/mol. The molecule has 1 aliphatic rings. The number of Topliss-reactive ketones (excluding diaryl/α,β-unsaturated/α-hetero) is 1. The minimum Gasteiger partial charge on any atom is -0.444 e. The fraction of sp³-hybridized carbons (Fsp3) is 0.625. The molecular formula is C16H23NO3S. The van der Waals surface area contributed by atoms with Crippen molar-refractivity contribution in [2.45, 2.75) is 58.1 Å². The summed E-state index contributed by atoms with van der Waals surface area (Å²) in [5, 5.41) is 1.90. The molecule has 0 saturated carbocycles. The number of hydrogen-bond donors (Lipinski definition) is 0. The van der Waals surface area contributed by atoms with Crippen molar-refractivity contribution in [1.82, 2.24) is 4.90 Å². The summed E-state index contributed by atoms with van der Waals surface area (Å²) in [6.07, 6.45) is 2.99. The molecule has 0 radical (unpaired) electrons. The lowest BCUT2D eigenvalue weighted by atomic mass is 9.97. The largest absolute Gasteiger partial charge is 0.444 e. The van der Waals surface area contributed by atoms with Crippen LogP contribution in [0.2, 0.25) is 0 Å². The van der Waals surface area contributed by atoms with E-state index < -0.39 is 5.60 Å². The maximum absolute atomic E-state index is 12.3. The van der Waals surface area contributed by atoms with Gasteiger partial charge in [0.2, 0.25) is 0 Å². The van der Waals surface area contributed by atoms with Crippen molar-refractivity contribution in [1.29, 1.82) is 0 Å². The molecule has 1 amide bonds. The summed E-state index contributed by atoms with van der Waals surface area (Å²) in [6, 6.07) is 3.68. The number of amides is 1. The van der Waals surface area contributed by atoms with Crippen LogP contribution in [-0.4, -0.2) is 35.0 Å². The first-order valence-electron chi connectivity index (χ1n) is 7.43. The molecule has 5 heteroatoms. The minimum absolute atomic E-state index is 0.0387.